The van der Waals surface area contributed by atoms with Crippen LogP contribution in [-0.2, 0) is 28.5 Å². The lowest BCUT2D eigenvalue weighted by Gasteiger charge is -2.47. The quantitative estimate of drug-likeness (QED) is 0.135. The lowest BCUT2D eigenvalue weighted by molar-refractivity contribution is -0.352. The fourth-order valence-corrected chi connectivity index (χ4v) is 4.36. The minimum atomic E-state index is -1.84. The molecular formula is C20H35NO16. The molecule has 3 aliphatic heterocycles. The second-order valence-corrected chi connectivity index (χ2v) is 9.11. The maximum atomic E-state index is 11.8. The SMILES string of the molecule is CC(=O)N[C@H]1[C@@H](OC[C@@H]2O[C@H](O)[C@@H](O)[C@H](O)[C@H]2O)O[C@H](CO)[C@H](O[C@@H]2O[C@H](CO)[C@H](O)[C@@H](O)[C@@H]2O)[C@@H]1O. The molecule has 3 fully saturated rings. The first-order chi connectivity index (χ1) is 17.4. The Hall–Kier alpha value is -1.13. The van der Waals surface area contributed by atoms with Crippen molar-refractivity contribution in [2.75, 3.05) is 19.8 Å². The van der Waals surface area contributed by atoms with E-state index in [1.165, 1.54) is 0 Å². The van der Waals surface area contributed by atoms with Crippen LogP contribution in [0.25, 0.3) is 0 Å². The smallest absolute Gasteiger partial charge is 0.217 e. The third kappa shape index (κ3) is 6.55. The van der Waals surface area contributed by atoms with Crippen LogP contribution in [0, 0.1) is 0 Å². The number of rotatable bonds is 8. The van der Waals surface area contributed by atoms with Crippen LogP contribution in [0.5, 0.6) is 0 Å². The van der Waals surface area contributed by atoms with Crippen molar-refractivity contribution in [3.63, 3.8) is 0 Å². The van der Waals surface area contributed by atoms with E-state index in [-0.39, 0.29) is 0 Å². The number of carbonyl (C=O) groups excluding carboxylic acids is 1. The van der Waals surface area contributed by atoms with Crippen LogP contribution in [0.15, 0.2) is 0 Å². The maximum Gasteiger partial charge on any atom is 0.217 e. The fourth-order valence-electron chi connectivity index (χ4n) is 4.36. The molecule has 3 aliphatic rings. The van der Waals surface area contributed by atoms with Gasteiger partial charge in [0.15, 0.2) is 18.9 Å². The van der Waals surface area contributed by atoms with E-state index in [0.717, 1.165) is 6.92 Å². The topological polar surface area (TPSA) is 278 Å². The molecule has 0 saturated carbocycles. The molecular weight excluding hydrogens is 510 g/mol. The molecule has 0 aromatic heterocycles. The van der Waals surface area contributed by atoms with E-state index in [1.807, 2.05) is 0 Å². The van der Waals surface area contributed by atoms with Gasteiger partial charge in [-0.05, 0) is 0 Å². The highest BCUT2D eigenvalue weighted by Gasteiger charge is 2.52. The molecule has 17 heteroatoms. The monoisotopic (exact) mass is 545 g/mol. The van der Waals surface area contributed by atoms with E-state index in [9.17, 15) is 55.9 Å². The number of carbonyl (C=O) groups is 1. The number of ether oxygens (including phenoxy) is 5. The molecule has 0 radical (unpaired) electrons. The number of amides is 1. The number of nitrogens with one attached hydrogen (secondary N) is 1. The molecule has 11 N–H and O–H groups in total. The zero-order chi connectivity index (χ0) is 27.6. The second-order valence-electron chi connectivity index (χ2n) is 9.11. The third-order valence-electron chi connectivity index (χ3n) is 6.47. The van der Waals surface area contributed by atoms with Gasteiger partial charge in [-0.15, -0.1) is 0 Å². The van der Waals surface area contributed by atoms with E-state index < -0.39 is 118 Å². The van der Waals surface area contributed by atoms with Gasteiger partial charge in [-0.3, -0.25) is 4.79 Å². The van der Waals surface area contributed by atoms with Crippen molar-refractivity contribution in [3.05, 3.63) is 0 Å². The summed E-state index contributed by atoms with van der Waals surface area (Å²) in [6.07, 6.45) is -22.7. The fraction of sp³-hybridized carbons (Fsp3) is 0.950. The van der Waals surface area contributed by atoms with E-state index in [4.69, 9.17) is 23.7 Å². The molecule has 0 bridgehead atoms. The summed E-state index contributed by atoms with van der Waals surface area (Å²) in [5.74, 6) is -0.641. The summed E-state index contributed by atoms with van der Waals surface area (Å²) in [7, 11) is 0. The molecule has 17 nitrogen and oxygen atoms in total. The Balaban J connectivity index is 1.74. The molecule has 37 heavy (non-hydrogen) atoms. The van der Waals surface area contributed by atoms with E-state index in [2.05, 4.69) is 5.32 Å². The summed E-state index contributed by atoms with van der Waals surface area (Å²) in [5.41, 5.74) is 0. The minimum Gasteiger partial charge on any atom is -0.394 e. The van der Waals surface area contributed by atoms with Crippen LogP contribution in [-0.4, -0.2) is 169 Å². The molecule has 1 amide bonds. The summed E-state index contributed by atoms with van der Waals surface area (Å²) in [6.45, 7) is -0.959. The highest BCUT2D eigenvalue weighted by atomic mass is 16.7. The van der Waals surface area contributed by atoms with Crippen LogP contribution in [0.3, 0.4) is 0 Å². The van der Waals surface area contributed by atoms with Gasteiger partial charge >= 0.3 is 0 Å². The van der Waals surface area contributed by atoms with E-state index >= 15 is 0 Å². The normalized spacial score (nSPS) is 49.0. The van der Waals surface area contributed by atoms with Crippen molar-refractivity contribution in [3.8, 4) is 0 Å². The van der Waals surface area contributed by atoms with Gasteiger partial charge in [0.1, 0.15) is 73.2 Å². The van der Waals surface area contributed by atoms with Crippen molar-refractivity contribution < 1.29 is 79.5 Å². The van der Waals surface area contributed by atoms with E-state index in [0.29, 0.717) is 0 Å². The van der Waals surface area contributed by atoms with Crippen LogP contribution in [0.1, 0.15) is 6.92 Å². The van der Waals surface area contributed by atoms with Gasteiger partial charge in [0.05, 0.1) is 19.8 Å². The predicted octanol–water partition coefficient (Wildman–Crippen LogP) is -7.43. The standard InChI is InChI=1S/C20H35NO16/c1-5(24)21-9-12(27)17(37-20-16(31)14(29)10(25)6(2-22)35-20)7(3-23)36-19(9)33-4-8-11(26)13(28)15(30)18(32)34-8/h6-20,22-23,25-32H,2-4H2,1H3,(H,21,24)/t6-,7-,8+,9-,10+,11+,12-,13-,14-,15+,16+,17+,18+,19+,20+/m1/s1. The van der Waals surface area contributed by atoms with Crippen LogP contribution < -0.4 is 5.32 Å². The lowest BCUT2D eigenvalue weighted by atomic mass is 9.95. The van der Waals surface area contributed by atoms with Gasteiger partial charge in [-0.25, -0.2) is 0 Å². The Morgan fingerprint density at radius 2 is 1.27 bits per heavy atom. The van der Waals surface area contributed by atoms with E-state index in [1.54, 1.807) is 0 Å². The summed E-state index contributed by atoms with van der Waals surface area (Å²) in [4.78, 5) is 11.8. The van der Waals surface area contributed by atoms with Crippen molar-refractivity contribution in [1.29, 1.82) is 0 Å². The summed E-state index contributed by atoms with van der Waals surface area (Å²) >= 11 is 0. The summed E-state index contributed by atoms with van der Waals surface area (Å²) in [5, 5.41) is 102. The Labute approximate surface area is 210 Å². The summed E-state index contributed by atoms with van der Waals surface area (Å²) < 4.78 is 27.0. The first-order valence-corrected chi connectivity index (χ1v) is 11.6. The second kappa shape index (κ2) is 12.8. The minimum absolute atomic E-state index is 0.564. The number of aliphatic hydroxyl groups excluding tert-OH is 10. The van der Waals surface area contributed by atoms with Crippen LogP contribution in [0.4, 0.5) is 0 Å². The van der Waals surface area contributed by atoms with Crippen LogP contribution >= 0.6 is 0 Å². The molecule has 0 aromatic carbocycles. The molecule has 3 saturated heterocycles. The van der Waals surface area contributed by atoms with Gasteiger partial charge < -0.3 is 80.1 Å². The molecule has 0 unspecified atom stereocenters. The molecule has 0 aliphatic carbocycles. The van der Waals surface area contributed by atoms with Gasteiger partial charge in [0, 0.05) is 6.92 Å². The Kier molecular flexibility index (Phi) is 10.5. The van der Waals surface area contributed by atoms with Crippen molar-refractivity contribution in [1.82, 2.24) is 5.32 Å². The Morgan fingerprint density at radius 3 is 1.86 bits per heavy atom. The van der Waals surface area contributed by atoms with Crippen molar-refractivity contribution in [2.45, 2.75) is 99.0 Å². The zero-order valence-corrected chi connectivity index (χ0v) is 19.7. The molecule has 3 heterocycles. The molecule has 0 aromatic rings. The molecule has 216 valence electrons. The first-order valence-electron chi connectivity index (χ1n) is 11.6. The molecule has 3 rings (SSSR count). The van der Waals surface area contributed by atoms with Gasteiger partial charge in [0.25, 0.3) is 0 Å². The lowest BCUT2D eigenvalue weighted by Crippen LogP contribution is -2.68. The van der Waals surface area contributed by atoms with Crippen molar-refractivity contribution >= 4 is 5.91 Å². The average Bonchev–Trinajstić information content (AvgIpc) is 2.86. The first kappa shape index (κ1) is 30.4. The highest BCUT2D eigenvalue weighted by Crippen LogP contribution is 2.30. The van der Waals surface area contributed by atoms with Crippen LogP contribution in [0.2, 0.25) is 0 Å². The summed E-state index contributed by atoms with van der Waals surface area (Å²) in [6, 6.07) is -1.38. The zero-order valence-electron chi connectivity index (χ0n) is 19.7. The number of aliphatic hydroxyl groups is 10. The van der Waals surface area contributed by atoms with Gasteiger partial charge in [-0.1, -0.05) is 0 Å². The molecule has 15 atom stereocenters. The van der Waals surface area contributed by atoms with Crippen molar-refractivity contribution in [2.24, 2.45) is 0 Å². The Bertz CT molecular complexity index is 745. The number of hydrogen-bond acceptors (Lipinski definition) is 16. The third-order valence-corrected chi connectivity index (χ3v) is 6.47. The average molecular weight is 545 g/mol. The Morgan fingerprint density at radius 1 is 0.703 bits per heavy atom. The predicted molar refractivity (Wildman–Crippen MR) is 113 cm³/mol. The van der Waals surface area contributed by atoms with Gasteiger partial charge in [-0.2, -0.15) is 0 Å². The maximum absolute atomic E-state index is 11.8. The van der Waals surface area contributed by atoms with Gasteiger partial charge in [0.2, 0.25) is 5.91 Å². The number of hydrogen-bond donors (Lipinski definition) is 11. The highest BCUT2D eigenvalue weighted by molar-refractivity contribution is 5.73. The molecule has 0 spiro atoms. The largest absolute Gasteiger partial charge is 0.394 e.